The molecule has 20 heavy (non-hydrogen) atoms. The van der Waals surface area contributed by atoms with Gasteiger partial charge in [-0.05, 0) is 48.6 Å². The second kappa shape index (κ2) is 6.35. The lowest BCUT2D eigenvalue weighted by Gasteiger charge is -2.19. The molecule has 4 nitrogen and oxygen atoms in total. The van der Waals surface area contributed by atoms with Crippen LogP contribution in [0.3, 0.4) is 0 Å². The number of nitrogens with zero attached hydrogens (tertiary/aromatic N) is 1. The van der Waals surface area contributed by atoms with Crippen LogP contribution in [0.1, 0.15) is 28.3 Å². The van der Waals surface area contributed by atoms with Crippen molar-refractivity contribution in [3.63, 3.8) is 0 Å². The summed E-state index contributed by atoms with van der Waals surface area (Å²) in [5, 5.41) is 0. The first kappa shape index (κ1) is 15.0. The monoisotopic (exact) mass is 334 g/mol. The summed E-state index contributed by atoms with van der Waals surface area (Å²) in [6.45, 7) is 4.15. The van der Waals surface area contributed by atoms with Gasteiger partial charge in [0.1, 0.15) is 5.82 Å². The highest BCUT2D eigenvalue weighted by Crippen LogP contribution is 2.27. The van der Waals surface area contributed by atoms with Crippen molar-refractivity contribution in [2.24, 2.45) is 5.84 Å². The van der Waals surface area contributed by atoms with Crippen LogP contribution in [0, 0.1) is 13.8 Å². The van der Waals surface area contributed by atoms with Gasteiger partial charge in [-0.2, -0.15) is 0 Å². The third-order valence-corrected chi connectivity index (χ3v) is 4.66. The lowest BCUT2D eigenvalue weighted by molar-refractivity contribution is 0.551. The Labute approximate surface area is 127 Å². The van der Waals surface area contributed by atoms with Crippen LogP contribution in [-0.2, 0) is 6.42 Å². The Morgan fingerprint density at radius 1 is 1.30 bits per heavy atom. The quantitative estimate of drug-likeness (QED) is 0.593. The Kier molecular flexibility index (Phi) is 4.75. The summed E-state index contributed by atoms with van der Waals surface area (Å²) in [6.07, 6.45) is 2.40. The number of nitrogens with one attached hydrogen (secondary N) is 1. The van der Waals surface area contributed by atoms with E-state index < -0.39 is 0 Å². The maximum atomic E-state index is 5.90. The SMILES string of the molecule is Cc1cc(C(Cc2cccnc2N)NN)cc(C)c1Br. The van der Waals surface area contributed by atoms with Gasteiger partial charge in [0.2, 0.25) is 0 Å². The molecule has 5 N–H and O–H groups in total. The third kappa shape index (κ3) is 3.17. The lowest BCUT2D eigenvalue weighted by Crippen LogP contribution is -2.30. The van der Waals surface area contributed by atoms with Crippen molar-refractivity contribution in [2.45, 2.75) is 26.3 Å². The van der Waals surface area contributed by atoms with Gasteiger partial charge in [0.05, 0.1) is 6.04 Å². The number of aromatic nitrogens is 1. The van der Waals surface area contributed by atoms with E-state index in [4.69, 9.17) is 11.6 Å². The second-order valence-corrected chi connectivity index (χ2v) is 5.73. The van der Waals surface area contributed by atoms with Gasteiger partial charge in [0.15, 0.2) is 0 Å². The first-order valence-electron chi connectivity index (χ1n) is 6.45. The molecule has 1 aromatic carbocycles. The molecule has 0 saturated carbocycles. The normalized spacial score (nSPS) is 12.4. The summed E-state index contributed by atoms with van der Waals surface area (Å²) in [6, 6.07) is 8.14. The predicted octanol–water partition coefficient (Wildman–Crippen LogP) is 2.79. The molecule has 1 unspecified atom stereocenters. The van der Waals surface area contributed by atoms with E-state index in [1.165, 1.54) is 11.1 Å². The van der Waals surface area contributed by atoms with Gasteiger partial charge in [-0.1, -0.05) is 34.1 Å². The van der Waals surface area contributed by atoms with Crippen LogP contribution >= 0.6 is 15.9 Å². The van der Waals surface area contributed by atoms with E-state index >= 15 is 0 Å². The molecule has 106 valence electrons. The Balaban J connectivity index is 2.31. The maximum absolute atomic E-state index is 5.90. The number of pyridine rings is 1. The molecule has 1 heterocycles. The predicted molar refractivity (Wildman–Crippen MR) is 86.0 cm³/mol. The summed E-state index contributed by atoms with van der Waals surface area (Å²) in [4.78, 5) is 4.11. The van der Waals surface area contributed by atoms with Crippen molar-refractivity contribution in [1.82, 2.24) is 10.4 Å². The lowest BCUT2D eigenvalue weighted by atomic mass is 9.96. The summed E-state index contributed by atoms with van der Waals surface area (Å²) in [5.41, 5.74) is 13.3. The molecule has 0 fully saturated rings. The van der Waals surface area contributed by atoms with Crippen LogP contribution in [0.5, 0.6) is 0 Å². The molecule has 0 radical (unpaired) electrons. The summed E-state index contributed by atoms with van der Waals surface area (Å²) < 4.78 is 1.14. The number of benzene rings is 1. The average Bonchev–Trinajstić information content (AvgIpc) is 2.43. The van der Waals surface area contributed by atoms with Crippen molar-refractivity contribution in [1.29, 1.82) is 0 Å². The number of nitrogen functional groups attached to an aromatic ring is 1. The van der Waals surface area contributed by atoms with Crippen LogP contribution in [0.2, 0.25) is 0 Å². The van der Waals surface area contributed by atoms with Crippen LogP contribution < -0.4 is 17.0 Å². The molecule has 1 atom stereocenters. The zero-order chi connectivity index (χ0) is 14.7. The van der Waals surface area contributed by atoms with Gasteiger partial charge in [0.25, 0.3) is 0 Å². The van der Waals surface area contributed by atoms with E-state index in [9.17, 15) is 0 Å². The van der Waals surface area contributed by atoms with E-state index in [-0.39, 0.29) is 6.04 Å². The highest BCUT2D eigenvalue weighted by Gasteiger charge is 2.14. The minimum Gasteiger partial charge on any atom is -0.383 e. The van der Waals surface area contributed by atoms with Gasteiger partial charge in [0, 0.05) is 10.7 Å². The fraction of sp³-hybridized carbons (Fsp3) is 0.267. The fourth-order valence-corrected chi connectivity index (χ4v) is 2.53. The molecule has 1 aromatic heterocycles. The maximum Gasteiger partial charge on any atom is 0.126 e. The van der Waals surface area contributed by atoms with Crippen LogP contribution in [0.4, 0.5) is 5.82 Å². The van der Waals surface area contributed by atoms with Crippen LogP contribution in [0.15, 0.2) is 34.9 Å². The summed E-state index contributed by atoms with van der Waals surface area (Å²) in [5.74, 6) is 6.27. The smallest absolute Gasteiger partial charge is 0.126 e. The standard InChI is InChI=1S/C15H19BrN4/c1-9-6-12(7-10(2)14(9)16)13(20-18)8-11-4-3-5-19-15(11)17/h3-7,13,20H,8,18H2,1-2H3,(H2,17,19). The van der Waals surface area contributed by atoms with Gasteiger partial charge in [-0.25, -0.2) is 4.98 Å². The first-order valence-corrected chi connectivity index (χ1v) is 7.24. The molecule has 0 amide bonds. The third-order valence-electron chi connectivity index (χ3n) is 3.41. The van der Waals surface area contributed by atoms with E-state index in [0.29, 0.717) is 12.2 Å². The molecule has 0 bridgehead atoms. The molecule has 2 rings (SSSR count). The van der Waals surface area contributed by atoms with Crippen LogP contribution in [-0.4, -0.2) is 4.98 Å². The molecule has 0 saturated heterocycles. The zero-order valence-electron chi connectivity index (χ0n) is 11.7. The topological polar surface area (TPSA) is 77.0 Å². The Morgan fingerprint density at radius 3 is 2.50 bits per heavy atom. The number of halogens is 1. The number of rotatable bonds is 4. The summed E-state index contributed by atoms with van der Waals surface area (Å²) >= 11 is 3.58. The Morgan fingerprint density at radius 2 is 1.95 bits per heavy atom. The number of aryl methyl sites for hydroxylation is 2. The van der Waals surface area contributed by atoms with E-state index in [1.807, 2.05) is 12.1 Å². The number of hydrogen-bond acceptors (Lipinski definition) is 4. The zero-order valence-corrected chi connectivity index (χ0v) is 13.2. The second-order valence-electron chi connectivity index (χ2n) is 4.94. The van der Waals surface area contributed by atoms with E-state index in [2.05, 4.69) is 52.3 Å². The minimum atomic E-state index is 0.00648. The molecular weight excluding hydrogens is 316 g/mol. The van der Waals surface area contributed by atoms with Crippen molar-refractivity contribution < 1.29 is 0 Å². The molecule has 0 aliphatic rings. The van der Waals surface area contributed by atoms with Crippen molar-refractivity contribution in [3.05, 3.63) is 57.2 Å². The molecule has 5 heteroatoms. The number of hydrazine groups is 1. The Bertz CT molecular complexity index is 590. The van der Waals surface area contributed by atoms with E-state index in [1.54, 1.807) is 6.20 Å². The number of nitrogens with two attached hydrogens (primary N) is 2. The van der Waals surface area contributed by atoms with Crippen LogP contribution in [0.25, 0.3) is 0 Å². The van der Waals surface area contributed by atoms with E-state index in [0.717, 1.165) is 15.6 Å². The molecule has 0 spiro atoms. The number of hydrogen-bond donors (Lipinski definition) is 3. The highest BCUT2D eigenvalue weighted by molar-refractivity contribution is 9.10. The Hall–Kier alpha value is -1.43. The van der Waals surface area contributed by atoms with Crippen molar-refractivity contribution in [3.8, 4) is 0 Å². The van der Waals surface area contributed by atoms with Gasteiger partial charge in [-0.3, -0.25) is 11.3 Å². The van der Waals surface area contributed by atoms with Crippen molar-refractivity contribution >= 4 is 21.7 Å². The molecule has 0 aliphatic heterocycles. The molecule has 0 aliphatic carbocycles. The van der Waals surface area contributed by atoms with Gasteiger partial charge >= 0.3 is 0 Å². The minimum absolute atomic E-state index is 0.00648. The molecule has 2 aromatic rings. The van der Waals surface area contributed by atoms with Gasteiger partial charge < -0.3 is 5.73 Å². The van der Waals surface area contributed by atoms with Crippen molar-refractivity contribution in [2.75, 3.05) is 5.73 Å². The first-order chi connectivity index (χ1) is 9.52. The molecular formula is C15H19BrN4. The number of anilines is 1. The highest BCUT2D eigenvalue weighted by atomic mass is 79.9. The van der Waals surface area contributed by atoms with Gasteiger partial charge in [-0.15, -0.1) is 0 Å². The summed E-state index contributed by atoms with van der Waals surface area (Å²) in [7, 11) is 0. The fourth-order valence-electron chi connectivity index (χ4n) is 2.30. The average molecular weight is 335 g/mol. The largest absolute Gasteiger partial charge is 0.383 e.